The van der Waals surface area contributed by atoms with Crippen molar-refractivity contribution in [3.63, 3.8) is 0 Å². The van der Waals surface area contributed by atoms with Gasteiger partial charge in [0.15, 0.2) is 46.9 Å². The Morgan fingerprint density at radius 3 is 1.28 bits per heavy atom. The van der Waals surface area contributed by atoms with E-state index in [9.17, 15) is 55.2 Å². The van der Waals surface area contributed by atoms with Crippen molar-refractivity contribution in [2.75, 3.05) is 62.5 Å². The summed E-state index contributed by atoms with van der Waals surface area (Å²) in [5, 5.41) is 85.8. The monoisotopic (exact) mass is 960 g/mol. The highest BCUT2D eigenvalue weighted by Crippen LogP contribution is 2.41. The molecular weight excluding hydrogens is 908 g/mol. The third kappa shape index (κ3) is 12.0. The van der Waals surface area contributed by atoms with Crippen LogP contribution in [0.25, 0.3) is 18.2 Å². The van der Waals surface area contributed by atoms with Gasteiger partial charge in [0.25, 0.3) is 0 Å². The molecule has 2 heterocycles. The first-order valence-electron chi connectivity index (χ1n) is 20.2. The Labute approximate surface area is 388 Å². The van der Waals surface area contributed by atoms with Crippen molar-refractivity contribution in [3.8, 4) is 51.7 Å². The van der Waals surface area contributed by atoms with Crippen LogP contribution in [0.5, 0.6) is 51.7 Å². The number of carbonyl (C=O) groups excluding carboxylic acids is 3. The Morgan fingerprint density at radius 1 is 0.544 bits per heavy atom. The molecule has 23 heteroatoms. The van der Waals surface area contributed by atoms with E-state index in [1.165, 1.54) is 97.3 Å². The Morgan fingerprint density at radius 2 is 0.912 bits per heavy atom. The van der Waals surface area contributed by atoms with Gasteiger partial charge in [0, 0.05) is 18.2 Å². The van der Waals surface area contributed by atoms with Crippen LogP contribution in [0.2, 0.25) is 0 Å². The van der Waals surface area contributed by atoms with Gasteiger partial charge >= 0.3 is 17.9 Å². The maximum atomic E-state index is 13.4. The highest BCUT2D eigenvalue weighted by atomic mass is 16.8. The molecule has 68 heavy (non-hydrogen) atoms. The van der Waals surface area contributed by atoms with Crippen LogP contribution in [0.4, 0.5) is 0 Å². The van der Waals surface area contributed by atoms with Gasteiger partial charge in [-0.3, -0.25) is 0 Å². The van der Waals surface area contributed by atoms with Crippen molar-refractivity contribution in [1.29, 1.82) is 0 Å². The lowest BCUT2D eigenvalue weighted by Gasteiger charge is -2.43. The Kier molecular flexibility index (Phi) is 17.8. The number of rotatable bonds is 20. The zero-order valence-electron chi connectivity index (χ0n) is 37.4. The molecular formula is C45H52O23. The van der Waals surface area contributed by atoms with Gasteiger partial charge in [-0.1, -0.05) is 0 Å². The number of aliphatic hydroxyl groups is 5. The van der Waals surface area contributed by atoms with Crippen LogP contribution in [0, 0.1) is 0 Å². The normalized spacial score (nSPS) is 24.8. The quantitative estimate of drug-likeness (QED) is 0.0436. The molecule has 0 radical (unpaired) electrons. The molecule has 3 aromatic carbocycles. The average molecular weight is 961 g/mol. The highest BCUT2D eigenvalue weighted by Gasteiger charge is 2.61. The SMILES string of the molecule is COc1cc(/C=C\C(=O)O[C@H]2[C@H](O)[C@@H](COC(=O)/C=C/c3cc(OC)c(O)c(OC)c3)O[C@@]2(CO)O[C@H]2O[C@H](COC(=O)/C=C/c3cc(OC)c(O)c(OC)c3)[C@@H](O)[C@H](O)[C@H]2O)cc(OC)c1O. The number of methoxy groups -OCH3 is 6. The maximum absolute atomic E-state index is 13.4. The molecule has 2 aliphatic heterocycles. The number of carbonyl (C=O) groups is 3. The summed E-state index contributed by atoms with van der Waals surface area (Å²) in [6.07, 6.45) is -8.65. The summed E-state index contributed by atoms with van der Waals surface area (Å²) in [5.74, 6) is -6.48. The molecule has 0 bridgehead atoms. The first-order chi connectivity index (χ1) is 32.5. The van der Waals surface area contributed by atoms with Crippen LogP contribution in [-0.4, -0.2) is 176 Å². The van der Waals surface area contributed by atoms with Crippen LogP contribution in [0.1, 0.15) is 16.7 Å². The van der Waals surface area contributed by atoms with Crippen LogP contribution in [0.15, 0.2) is 54.6 Å². The van der Waals surface area contributed by atoms with Gasteiger partial charge in [0.2, 0.25) is 23.0 Å². The summed E-state index contributed by atoms with van der Waals surface area (Å²) in [6, 6.07) is 8.33. The van der Waals surface area contributed by atoms with Crippen molar-refractivity contribution in [3.05, 3.63) is 71.3 Å². The summed E-state index contributed by atoms with van der Waals surface area (Å²) >= 11 is 0. The topological polar surface area (TPSA) is 324 Å². The lowest BCUT2D eigenvalue weighted by Crippen LogP contribution is -2.63. The lowest BCUT2D eigenvalue weighted by atomic mass is 9.98. The van der Waals surface area contributed by atoms with Crippen molar-refractivity contribution in [2.24, 2.45) is 0 Å². The minimum Gasteiger partial charge on any atom is -0.502 e. The Hall–Kier alpha value is -6.83. The third-order valence-corrected chi connectivity index (χ3v) is 10.4. The molecule has 5 rings (SSSR count). The number of hydrogen-bond acceptors (Lipinski definition) is 23. The zero-order chi connectivity index (χ0) is 49.9. The van der Waals surface area contributed by atoms with Gasteiger partial charge in [-0.25, -0.2) is 14.4 Å². The minimum atomic E-state index is -2.66. The first-order valence-corrected chi connectivity index (χ1v) is 20.2. The molecule has 2 aliphatic rings. The molecule has 0 aromatic heterocycles. The van der Waals surface area contributed by atoms with Crippen LogP contribution < -0.4 is 28.4 Å². The molecule has 0 amide bonds. The standard InChI is InChI=1S/C45H52O23/c1-57-25-13-22(14-26(58-2)36(25)50)7-10-33(47)63-19-31-39(53)41(55)42(56)44(65-31)68-45(21-46)43(66-35(49)12-9-24-17-29(61-5)38(52)30(18-24)62-6)40(54)32(67-45)20-64-34(48)11-8-23-15-27(59-3)37(51)28(16-23)60-4/h7-18,31-32,39-44,46,50-56H,19-21H2,1-6H3/b10-7+,11-8+,12-9-/t31-,32-,39-,40-,41+,42-,43+,44-,45+/m1/s1. The zero-order valence-corrected chi connectivity index (χ0v) is 37.4. The largest absolute Gasteiger partial charge is 0.502 e. The van der Waals surface area contributed by atoms with Gasteiger partial charge in [-0.2, -0.15) is 0 Å². The number of esters is 3. The number of ether oxygens (including phenoxy) is 12. The Balaban J connectivity index is 1.36. The van der Waals surface area contributed by atoms with Crippen LogP contribution >= 0.6 is 0 Å². The molecule has 3 aromatic rings. The number of aliphatic hydroxyl groups excluding tert-OH is 5. The molecule has 0 aliphatic carbocycles. The number of phenolic OH excluding ortho intramolecular Hbond substituents is 3. The van der Waals surface area contributed by atoms with Crippen molar-refractivity contribution >= 4 is 36.1 Å². The molecule has 9 atom stereocenters. The van der Waals surface area contributed by atoms with Crippen molar-refractivity contribution in [2.45, 2.75) is 54.8 Å². The molecule has 0 saturated carbocycles. The highest BCUT2D eigenvalue weighted by molar-refractivity contribution is 5.89. The summed E-state index contributed by atoms with van der Waals surface area (Å²) < 4.78 is 64.4. The Bertz CT molecular complexity index is 2270. The fourth-order valence-corrected chi connectivity index (χ4v) is 6.86. The summed E-state index contributed by atoms with van der Waals surface area (Å²) in [4.78, 5) is 39.0. The molecule has 0 spiro atoms. The van der Waals surface area contributed by atoms with Crippen molar-refractivity contribution in [1.82, 2.24) is 0 Å². The second-order valence-electron chi connectivity index (χ2n) is 14.7. The van der Waals surface area contributed by atoms with E-state index >= 15 is 0 Å². The fourth-order valence-electron chi connectivity index (χ4n) is 6.86. The number of benzene rings is 3. The van der Waals surface area contributed by atoms with Gasteiger partial charge in [0.05, 0.1) is 42.7 Å². The molecule has 370 valence electrons. The lowest BCUT2D eigenvalue weighted by molar-refractivity contribution is -0.383. The van der Waals surface area contributed by atoms with Crippen LogP contribution in [-0.2, 0) is 42.8 Å². The molecule has 2 fully saturated rings. The number of aromatic hydroxyl groups is 3. The molecule has 2 saturated heterocycles. The van der Waals surface area contributed by atoms with E-state index in [4.69, 9.17) is 56.8 Å². The molecule has 0 unspecified atom stereocenters. The second-order valence-corrected chi connectivity index (χ2v) is 14.7. The van der Waals surface area contributed by atoms with E-state index in [0.717, 1.165) is 18.2 Å². The second kappa shape index (κ2) is 23.3. The van der Waals surface area contributed by atoms with E-state index in [1.54, 1.807) is 0 Å². The van der Waals surface area contributed by atoms with E-state index in [0.29, 0.717) is 11.1 Å². The van der Waals surface area contributed by atoms with Crippen molar-refractivity contribution < 1.29 is 112 Å². The maximum Gasteiger partial charge on any atom is 0.331 e. The van der Waals surface area contributed by atoms with E-state index in [-0.39, 0.29) is 57.3 Å². The third-order valence-electron chi connectivity index (χ3n) is 10.4. The summed E-state index contributed by atoms with van der Waals surface area (Å²) in [5.41, 5.74) is 0.981. The summed E-state index contributed by atoms with van der Waals surface area (Å²) in [6.45, 7) is -2.77. The van der Waals surface area contributed by atoms with E-state index in [2.05, 4.69) is 0 Å². The molecule has 23 nitrogen and oxygen atoms in total. The average Bonchev–Trinajstić information content (AvgIpc) is 3.60. The predicted octanol–water partition coefficient (Wildman–Crippen LogP) is 0.566. The number of hydrogen-bond donors (Lipinski definition) is 8. The predicted molar refractivity (Wildman–Crippen MR) is 231 cm³/mol. The van der Waals surface area contributed by atoms with E-state index in [1.807, 2.05) is 0 Å². The molecule has 8 N–H and O–H groups in total. The van der Waals surface area contributed by atoms with Gasteiger partial charge in [-0.15, -0.1) is 0 Å². The smallest absolute Gasteiger partial charge is 0.331 e. The van der Waals surface area contributed by atoms with E-state index < -0.39 is 92.5 Å². The van der Waals surface area contributed by atoms with Gasteiger partial charge < -0.3 is 97.7 Å². The summed E-state index contributed by atoms with van der Waals surface area (Å²) in [7, 11) is 7.82. The minimum absolute atomic E-state index is 0.00140. The number of phenols is 3. The van der Waals surface area contributed by atoms with Crippen LogP contribution in [0.3, 0.4) is 0 Å². The van der Waals surface area contributed by atoms with Gasteiger partial charge in [0.1, 0.15) is 56.4 Å². The first kappa shape index (κ1) is 52.1. The fraction of sp³-hybridized carbons (Fsp3) is 0.400. The van der Waals surface area contributed by atoms with Gasteiger partial charge in [-0.05, 0) is 71.3 Å².